The van der Waals surface area contributed by atoms with Crippen LogP contribution in [0.3, 0.4) is 0 Å². The molecule has 1 aromatic carbocycles. The Morgan fingerprint density at radius 3 is 2.47 bits per heavy atom. The van der Waals surface area contributed by atoms with Crippen LogP contribution in [0, 0.1) is 0 Å². The van der Waals surface area contributed by atoms with Crippen molar-refractivity contribution in [2.24, 2.45) is 0 Å². The van der Waals surface area contributed by atoms with Gasteiger partial charge in [-0.15, -0.1) is 11.3 Å². The molecular formula is C13H13Br2NS. The summed E-state index contributed by atoms with van der Waals surface area (Å²) in [6.07, 6.45) is 1.02. The van der Waals surface area contributed by atoms with Gasteiger partial charge < -0.3 is 5.32 Å². The summed E-state index contributed by atoms with van der Waals surface area (Å²) in [7, 11) is 2.01. The van der Waals surface area contributed by atoms with Gasteiger partial charge in [0.25, 0.3) is 0 Å². The first-order valence-corrected chi connectivity index (χ1v) is 7.81. The summed E-state index contributed by atoms with van der Waals surface area (Å²) in [6, 6.07) is 11.0. The van der Waals surface area contributed by atoms with E-state index in [0.29, 0.717) is 6.04 Å². The third-order valence-corrected chi connectivity index (χ3v) is 4.44. The van der Waals surface area contributed by atoms with Crippen molar-refractivity contribution in [1.82, 2.24) is 5.32 Å². The quantitative estimate of drug-likeness (QED) is 0.812. The van der Waals surface area contributed by atoms with E-state index in [1.54, 1.807) is 11.3 Å². The molecule has 0 aliphatic rings. The van der Waals surface area contributed by atoms with Crippen LogP contribution in [0.5, 0.6) is 0 Å². The molecular weight excluding hydrogens is 362 g/mol. The zero-order chi connectivity index (χ0) is 12.3. The topological polar surface area (TPSA) is 12.0 Å². The normalized spacial score (nSPS) is 12.6. The Hall–Kier alpha value is -0.160. The number of halogens is 2. The highest BCUT2D eigenvalue weighted by Crippen LogP contribution is 2.27. The molecule has 1 unspecified atom stereocenters. The van der Waals surface area contributed by atoms with Gasteiger partial charge in [-0.1, -0.05) is 37.9 Å². The van der Waals surface area contributed by atoms with Crippen molar-refractivity contribution in [2.45, 2.75) is 12.5 Å². The molecule has 2 aromatic rings. The molecule has 0 radical (unpaired) electrons. The Balaban J connectivity index is 2.22. The summed E-state index contributed by atoms with van der Waals surface area (Å²) in [5, 5.41) is 5.50. The first-order chi connectivity index (χ1) is 8.19. The molecule has 17 heavy (non-hydrogen) atoms. The molecule has 0 saturated heterocycles. The van der Waals surface area contributed by atoms with E-state index in [-0.39, 0.29) is 0 Å². The van der Waals surface area contributed by atoms with Crippen molar-refractivity contribution in [1.29, 1.82) is 0 Å². The van der Waals surface area contributed by atoms with Gasteiger partial charge in [-0.2, -0.15) is 0 Å². The molecule has 0 bridgehead atoms. The van der Waals surface area contributed by atoms with Gasteiger partial charge in [0.15, 0.2) is 0 Å². The number of likely N-dealkylation sites (N-methyl/N-ethyl adjacent to an activating group) is 1. The fourth-order valence-corrected chi connectivity index (χ4v) is 3.87. The molecule has 1 aromatic heterocycles. The lowest BCUT2D eigenvalue weighted by Gasteiger charge is -2.16. The molecule has 1 heterocycles. The maximum absolute atomic E-state index is 3.53. The summed E-state index contributed by atoms with van der Waals surface area (Å²) in [5.41, 5.74) is 1.29. The minimum Gasteiger partial charge on any atom is -0.313 e. The molecule has 1 nitrogen and oxygen atoms in total. The lowest BCUT2D eigenvalue weighted by Crippen LogP contribution is -2.18. The number of hydrogen-bond acceptors (Lipinski definition) is 2. The molecule has 0 fully saturated rings. The maximum atomic E-state index is 3.53. The molecule has 0 amide bonds. The number of benzene rings is 1. The van der Waals surface area contributed by atoms with Crippen LogP contribution in [0.25, 0.3) is 0 Å². The van der Waals surface area contributed by atoms with Crippen LogP contribution in [0.1, 0.15) is 16.5 Å². The zero-order valence-electron chi connectivity index (χ0n) is 9.41. The SMILES string of the molecule is CNC(Cc1cccs1)c1cc(Br)cc(Br)c1. The molecule has 4 heteroatoms. The van der Waals surface area contributed by atoms with Gasteiger partial charge in [0.1, 0.15) is 0 Å². The van der Waals surface area contributed by atoms with Crippen molar-refractivity contribution in [3.63, 3.8) is 0 Å². The number of nitrogens with one attached hydrogen (secondary N) is 1. The van der Waals surface area contributed by atoms with Gasteiger partial charge in [-0.05, 0) is 42.3 Å². The monoisotopic (exact) mass is 373 g/mol. The molecule has 0 saturated carbocycles. The highest BCUT2D eigenvalue weighted by Gasteiger charge is 2.11. The highest BCUT2D eigenvalue weighted by molar-refractivity contribution is 9.11. The van der Waals surface area contributed by atoms with Gasteiger partial charge in [0.2, 0.25) is 0 Å². The van der Waals surface area contributed by atoms with Gasteiger partial charge >= 0.3 is 0 Å². The standard InChI is InChI=1S/C13H13Br2NS/c1-16-13(8-12-3-2-4-17-12)9-5-10(14)7-11(15)6-9/h2-7,13,16H,8H2,1H3. The van der Waals surface area contributed by atoms with Crippen LogP contribution in [0.15, 0.2) is 44.7 Å². The van der Waals surface area contributed by atoms with Crippen LogP contribution in [-0.4, -0.2) is 7.05 Å². The van der Waals surface area contributed by atoms with Gasteiger partial charge in [0.05, 0.1) is 0 Å². The predicted molar refractivity (Wildman–Crippen MR) is 81.7 cm³/mol. The predicted octanol–water partition coefficient (Wildman–Crippen LogP) is 4.78. The number of hydrogen-bond donors (Lipinski definition) is 1. The summed E-state index contributed by atoms with van der Waals surface area (Å²) in [6.45, 7) is 0. The van der Waals surface area contributed by atoms with E-state index in [9.17, 15) is 0 Å². The van der Waals surface area contributed by atoms with E-state index in [1.165, 1.54) is 10.4 Å². The Labute approximate surface area is 123 Å². The summed E-state index contributed by atoms with van der Waals surface area (Å²) in [4.78, 5) is 1.40. The Morgan fingerprint density at radius 2 is 1.94 bits per heavy atom. The second-order valence-electron chi connectivity index (χ2n) is 3.83. The van der Waals surface area contributed by atoms with Crippen LogP contribution < -0.4 is 5.32 Å². The van der Waals surface area contributed by atoms with E-state index in [4.69, 9.17) is 0 Å². The third-order valence-electron chi connectivity index (χ3n) is 2.62. The van der Waals surface area contributed by atoms with Gasteiger partial charge in [-0.25, -0.2) is 0 Å². The van der Waals surface area contributed by atoms with Crippen molar-refractivity contribution in [2.75, 3.05) is 7.05 Å². The minimum absolute atomic E-state index is 0.349. The molecule has 1 N–H and O–H groups in total. The van der Waals surface area contributed by atoms with Crippen molar-refractivity contribution >= 4 is 43.2 Å². The second-order valence-corrected chi connectivity index (χ2v) is 6.69. The third kappa shape index (κ3) is 3.65. The Bertz CT molecular complexity index is 462. The van der Waals surface area contributed by atoms with Crippen molar-refractivity contribution < 1.29 is 0 Å². The molecule has 2 rings (SSSR count). The average Bonchev–Trinajstić information content (AvgIpc) is 2.77. The minimum atomic E-state index is 0.349. The smallest absolute Gasteiger partial charge is 0.0367 e. The number of thiophene rings is 1. The zero-order valence-corrected chi connectivity index (χ0v) is 13.4. The number of rotatable bonds is 4. The Kier molecular flexibility index (Phi) is 4.79. The van der Waals surface area contributed by atoms with E-state index >= 15 is 0 Å². The lowest BCUT2D eigenvalue weighted by molar-refractivity contribution is 0.596. The largest absolute Gasteiger partial charge is 0.313 e. The van der Waals surface area contributed by atoms with Crippen molar-refractivity contribution in [3.05, 3.63) is 55.1 Å². The lowest BCUT2D eigenvalue weighted by atomic mass is 10.0. The molecule has 0 spiro atoms. The average molecular weight is 375 g/mol. The van der Waals surface area contributed by atoms with E-state index < -0.39 is 0 Å². The van der Waals surface area contributed by atoms with E-state index in [0.717, 1.165) is 15.4 Å². The van der Waals surface area contributed by atoms with Gasteiger partial charge in [-0.3, -0.25) is 0 Å². The summed E-state index contributed by atoms with van der Waals surface area (Å²) >= 11 is 8.87. The van der Waals surface area contributed by atoms with Crippen LogP contribution in [-0.2, 0) is 6.42 Å². The van der Waals surface area contributed by atoms with Crippen LogP contribution >= 0.6 is 43.2 Å². The first-order valence-electron chi connectivity index (χ1n) is 5.34. The van der Waals surface area contributed by atoms with E-state index in [2.05, 4.69) is 72.9 Å². The molecule has 0 aliphatic carbocycles. The maximum Gasteiger partial charge on any atom is 0.0367 e. The molecule has 0 aliphatic heterocycles. The second kappa shape index (κ2) is 6.14. The molecule has 90 valence electrons. The highest BCUT2D eigenvalue weighted by atomic mass is 79.9. The summed E-state index contributed by atoms with van der Waals surface area (Å²) < 4.78 is 2.21. The summed E-state index contributed by atoms with van der Waals surface area (Å²) in [5.74, 6) is 0. The fourth-order valence-electron chi connectivity index (χ4n) is 1.79. The van der Waals surface area contributed by atoms with E-state index in [1.807, 2.05) is 7.05 Å². The first kappa shape index (κ1) is 13.3. The fraction of sp³-hybridized carbons (Fsp3) is 0.231. The van der Waals surface area contributed by atoms with Crippen molar-refractivity contribution in [3.8, 4) is 0 Å². The Morgan fingerprint density at radius 1 is 1.24 bits per heavy atom. The van der Waals surface area contributed by atoms with Crippen LogP contribution in [0.4, 0.5) is 0 Å². The van der Waals surface area contributed by atoms with Crippen LogP contribution in [0.2, 0.25) is 0 Å². The van der Waals surface area contributed by atoms with Gasteiger partial charge in [0, 0.05) is 26.3 Å². The molecule has 1 atom stereocenters.